The maximum absolute atomic E-state index is 13.2. The Kier molecular flexibility index (Phi) is 15.6. The van der Waals surface area contributed by atoms with Crippen molar-refractivity contribution in [3.8, 4) is 33.4 Å². The number of carboxylic acids is 3. The van der Waals surface area contributed by atoms with Gasteiger partial charge in [0.15, 0.2) is 0 Å². The molecule has 5 heterocycles. The summed E-state index contributed by atoms with van der Waals surface area (Å²) in [6.07, 6.45) is 7.98. The second-order valence-corrected chi connectivity index (χ2v) is 18.9. The molecular formula is C52H51F3N4O13. The molecule has 17 nitrogen and oxygen atoms in total. The fraction of sp³-hybridized carbons (Fsp3) is 0.288. The second-order valence-electron chi connectivity index (χ2n) is 18.9. The molecule has 0 aliphatic carbocycles. The molecule has 20 heteroatoms. The summed E-state index contributed by atoms with van der Waals surface area (Å²) in [6, 6.07) is 15.7. The van der Waals surface area contributed by atoms with Gasteiger partial charge in [-0.2, -0.15) is 0 Å². The zero-order valence-electron chi connectivity index (χ0n) is 39.9. The van der Waals surface area contributed by atoms with E-state index in [-0.39, 0.29) is 46.0 Å². The van der Waals surface area contributed by atoms with Crippen LogP contribution >= 0.6 is 0 Å². The van der Waals surface area contributed by atoms with Crippen LogP contribution in [0.25, 0.3) is 33.4 Å². The monoisotopic (exact) mass is 996 g/mol. The number of hydrogen-bond donors (Lipinski definition) is 4. The highest BCUT2D eigenvalue weighted by Gasteiger charge is 2.37. The van der Waals surface area contributed by atoms with Gasteiger partial charge in [-0.05, 0) is 94.6 Å². The molecule has 0 bridgehead atoms. The van der Waals surface area contributed by atoms with Gasteiger partial charge in [0.1, 0.15) is 39.7 Å². The highest BCUT2D eigenvalue weighted by molar-refractivity contribution is 5.90. The minimum absolute atomic E-state index is 0.140. The Bertz CT molecular complexity index is 3080. The van der Waals surface area contributed by atoms with Gasteiger partial charge in [0.05, 0.1) is 36.9 Å². The quantitative estimate of drug-likeness (QED) is 0.105. The van der Waals surface area contributed by atoms with Crippen LogP contribution in [0.2, 0.25) is 0 Å². The summed E-state index contributed by atoms with van der Waals surface area (Å²) in [6.45, 7) is 12.0. The SMILES string of the molecule is CC(C)(C)OC(=O)N1CC(n2cc(C(=O)O)c(=O)c(-c3ccc(F)cc3)c2)C1.CC(C)(CO)n1cc(C(=O)O)c(=O)c(-c2ccc(F)cc2)c1.CC1(n2cc(C(=O)O)c(=O)c(-c3ccc(F)cc3)c2)COC1. The minimum Gasteiger partial charge on any atom is -0.477 e. The van der Waals surface area contributed by atoms with E-state index in [4.69, 9.17) is 9.47 Å². The van der Waals surface area contributed by atoms with Gasteiger partial charge in [0.2, 0.25) is 16.3 Å². The molecule has 0 saturated carbocycles. The zero-order chi connectivity index (χ0) is 53.0. The van der Waals surface area contributed by atoms with Crippen LogP contribution in [0, 0.1) is 17.5 Å². The van der Waals surface area contributed by atoms with Crippen molar-refractivity contribution in [2.75, 3.05) is 32.9 Å². The third-order valence-corrected chi connectivity index (χ3v) is 11.7. The van der Waals surface area contributed by atoms with E-state index in [1.54, 1.807) is 56.1 Å². The Balaban J connectivity index is 0.000000178. The molecule has 6 aromatic rings. The molecule has 3 aromatic heterocycles. The molecule has 0 radical (unpaired) electrons. The summed E-state index contributed by atoms with van der Waals surface area (Å²) in [7, 11) is 0. The number of aromatic carboxylic acids is 3. The molecule has 0 unspecified atom stereocenters. The first-order valence-corrected chi connectivity index (χ1v) is 22.2. The van der Waals surface area contributed by atoms with Gasteiger partial charge in [-0.25, -0.2) is 32.3 Å². The second kappa shape index (κ2) is 21.1. The van der Waals surface area contributed by atoms with Crippen molar-refractivity contribution in [1.29, 1.82) is 0 Å². The summed E-state index contributed by atoms with van der Waals surface area (Å²) in [5.74, 6) is -5.30. The summed E-state index contributed by atoms with van der Waals surface area (Å²) < 4.78 is 54.6. The van der Waals surface area contributed by atoms with Crippen molar-refractivity contribution in [3.63, 3.8) is 0 Å². The van der Waals surface area contributed by atoms with Crippen LogP contribution in [0.5, 0.6) is 0 Å². The molecule has 378 valence electrons. The predicted molar refractivity (Wildman–Crippen MR) is 257 cm³/mol. The van der Waals surface area contributed by atoms with Gasteiger partial charge in [-0.15, -0.1) is 0 Å². The number of likely N-dealkylation sites (tertiary alicyclic amines) is 1. The highest BCUT2D eigenvalue weighted by Crippen LogP contribution is 2.29. The van der Waals surface area contributed by atoms with E-state index >= 15 is 0 Å². The van der Waals surface area contributed by atoms with Crippen molar-refractivity contribution >= 4 is 24.0 Å². The Hall–Kier alpha value is -8.10. The molecule has 2 saturated heterocycles. The number of aliphatic hydroxyl groups excluding tert-OH is 1. The summed E-state index contributed by atoms with van der Waals surface area (Å²) >= 11 is 0. The van der Waals surface area contributed by atoms with Crippen LogP contribution in [0.4, 0.5) is 18.0 Å². The Morgan fingerprint density at radius 2 is 1.00 bits per heavy atom. The van der Waals surface area contributed by atoms with Crippen molar-refractivity contribution in [1.82, 2.24) is 18.6 Å². The molecule has 3 aromatic carbocycles. The third-order valence-electron chi connectivity index (χ3n) is 11.7. The first-order chi connectivity index (χ1) is 33.7. The smallest absolute Gasteiger partial charge is 0.410 e. The lowest BCUT2D eigenvalue weighted by Crippen LogP contribution is -2.52. The lowest BCUT2D eigenvalue weighted by atomic mass is 9.97. The first-order valence-electron chi connectivity index (χ1n) is 22.2. The lowest BCUT2D eigenvalue weighted by Gasteiger charge is -2.41. The molecule has 0 atom stereocenters. The van der Waals surface area contributed by atoms with Crippen LogP contribution in [-0.2, 0) is 20.6 Å². The lowest BCUT2D eigenvalue weighted by molar-refractivity contribution is -0.0899. The number of carboxylic acid groups (broad SMARTS) is 3. The highest BCUT2D eigenvalue weighted by atomic mass is 19.1. The van der Waals surface area contributed by atoms with E-state index in [9.17, 15) is 67.2 Å². The third kappa shape index (κ3) is 12.1. The van der Waals surface area contributed by atoms with Crippen molar-refractivity contribution in [2.45, 2.75) is 64.3 Å². The number of pyridine rings is 3. The topological polar surface area (TPSA) is 237 Å². The van der Waals surface area contributed by atoms with E-state index in [1.165, 1.54) is 107 Å². The number of aromatic nitrogens is 3. The number of rotatable bonds is 10. The number of carbonyl (C=O) groups is 4. The van der Waals surface area contributed by atoms with E-state index in [0.717, 1.165) is 0 Å². The van der Waals surface area contributed by atoms with Crippen LogP contribution < -0.4 is 16.3 Å². The van der Waals surface area contributed by atoms with Crippen molar-refractivity contribution in [3.05, 3.63) is 175 Å². The molecule has 2 aliphatic rings. The van der Waals surface area contributed by atoms with Gasteiger partial charge in [-0.1, -0.05) is 36.4 Å². The molecule has 4 N–H and O–H groups in total. The van der Waals surface area contributed by atoms with Crippen LogP contribution in [0.1, 0.15) is 78.7 Å². The molecule has 8 rings (SSSR count). The largest absolute Gasteiger partial charge is 0.477 e. The van der Waals surface area contributed by atoms with E-state index in [1.807, 2.05) is 6.92 Å². The standard InChI is InChI=1S/C20H21FN2O5.C16H14FNO4.C16H16FNO4/c1-20(2,3)28-19(27)23-8-14(9-23)22-10-15(12-4-6-13(21)7-5-12)17(24)16(11-22)18(25)26;1-16(8-22-9-16)18-6-12(10-2-4-11(17)5-3-10)14(19)13(7-18)15(20)21;1-16(2,9-19)18-7-12(10-3-5-11(17)6-4-10)14(20)13(8-18)15(21)22/h4-7,10-11,14H,8-9H2,1-3H3,(H,25,26);2-7H,8-9H2,1H3,(H,20,21);3-8,19H,9H2,1-2H3,(H,21,22). The zero-order valence-corrected chi connectivity index (χ0v) is 39.9. The maximum Gasteiger partial charge on any atom is 0.410 e. The number of aliphatic hydroxyl groups is 1. The van der Waals surface area contributed by atoms with Crippen LogP contribution in [-0.4, -0.2) is 102 Å². The normalized spacial score (nSPS) is 14.1. The van der Waals surface area contributed by atoms with E-state index in [0.29, 0.717) is 43.0 Å². The fourth-order valence-electron chi connectivity index (χ4n) is 7.34. The molecule has 1 amide bonds. The molecule has 2 aliphatic heterocycles. The average molecular weight is 997 g/mol. The number of amides is 1. The minimum atomic E-state index is -1.35. The fourth-order valence-corrected chi connectivity index (χ4v) is 7.34. The molecule has 72 heavy (non-hydrogen) atoms. The number of hydrogen-bond acceptors (Lipinski definition) is 10. The number of nitrogens with zero attached hydrogens (tertiary/aromatic N) is 4. The van der Waals surface area contributed by atoms with Crippen LogP contribution in [0.3, 0.4) is 0 Å². The summed E-state index contributed by atoms with van der Waals surface area (Å²) in [4.78, 5) is 84.9. The van der Waals surface area contributed by atoms with Gasteiger partial charge >= 0.3 is 24.0 Å². The maximum atomic E-state index is 13.2. The Morgan fingerprint density at radius 1 is 0.611 bits per heavy atom. The predicted octanol–water partition coefficient (Wildman–Crippen LogP) is 7.32. The van der Waals surface area contributed by atoms with Gasteiger partial charge in [0, 0.05) is 67.0 Å². The first kappa shape index (κ1) is 53.3. The Morgan fingerprint density at radius 3 is 1.38 bits per heavy atom. The van der Waals surface area contributed by atoms with Gasteiger partial charge in [-0.3, -0.25) is 14.4 Å². The summed E-state index contributed by atoms with van der Waals surface area (Å²) in [5, 5.41) is 37.3. The van der Waals surface area contributed by atoms with Crippen LogP contribution in [0.15, 0.2) is 124 Å². The molecular weight excluding hydrogens is 946 g/mol. The number of benzene rings is 3. The molecule has 0 spiro atoms. The molecule has 2 fully saturated rings. The average Bonchev–Trinajstić information content (AvgIpc) is 3.29. The van der Waals surface area contributed by atoms with Crippen molar-refractivity contribution in [2.24, 2.45) is 0 Å². The van der Waals surface area contributed by atoms with E-state index < -0.39 is 74.4 Å². The Labute approximate surface area is 409 Å². The number of halogens is 3. The summed E-state index contributed by atoms with van der Waals surface area (Å²) in [5.41, 5.74) is -2.89. The van der Waals surface area contributed by atoms with E-state index in [2.05, 4.69) is 0 Å². The van der Waals surface area contributed by atoms with Gasteiger partial charge in [0.25, 0.3) is 0 Å². The van der Waals surface area contributed by atoms with Crippen molar-refractivity contribution < 1.29 is 62.2 Å². The number of carbonyl (C=O) groups excluding carboxylic acids is 1. The number of ether oxygens (including phenoxy) is 2. The van der Waals surface area contributed by atoms with Gasteiger partial charge < -0.3 is 48.5 Å².